The van der Waals surface area contributed by atoms with E-state index in [-0.39, 0.29) is 17.4 Å². The fourth-order valence-corrected chi connectivity index (χ4v) is 4.21. The smallest absolute Gasteiger partial charge is 0.355 e. The predicted molar refractivity (Wildman–Crippen MR) is 115 cm³/mol. The van der Waals surface area contributed by atoms with E-state index in [4.69, 9.17) is 9.47 Å². The van der Waals surface area contributed by atoms with Crippen molar-refractivity contribution in [1.82, 2.24) is 20.7 Å². The van der Waals surface area contributed by atoms with Crippen LogP contribution < -0.4 is 10.7 Å². The fraction of sp³-hybridized carbons (Fsp3) is 0.591. The van der Waals surface area contributed by atoms with Crippen LogP contribution in [0.3, 0.4) is 0 Å². The fourth-order valence-electron chi connectivity index (χ4n) is 4.21. The van der Waals surface area contributed by atoms with Gasteiger partial charge in [0.15, 0.2) is 6.61 Å². The van der Waals surface area contributed by atoms with Gasteiger partial charge in [0, 0.05) is 5.69 Å². The molecule has 2 heterocycles. The number of aryl methyl sites for hydroxylation is 1. The maximum atomic E-state index is 12.8. The maximum absolute atomic E-state index is 12.8. The number of aromatic amines is 1. The Labute approximate surface area is 191 Å². The van der Waals surface area contributed by atoms with E-state index in [0.29, 0.717) is 35.0 Å². The largest absolute Gasteiger partial charge is 0.459 e. The summed E-state index contributed by atoms with van der Waals surface area (Å²) >= 11 is 0. The number of hydrogen-bond donors (Lipinski definition) is 3. The first kappa shape index (κ1) is 24.3. The van der Waals surface area contributed by atoms with E-state index in [9.17, 15) is 24.0 Å². The Morgan fingerprint density at radius 2 is 1.79 bits per heavy atom. The highest BCUT2D eigenvalue weighted by Crippen LogP contribution is 2.35. The van der Waals surface area contributed by atoms with E-state index in [1.807, 2.05) is 0 Å². The first-order chi connectivity index (χ1) is 15.4. The van der Waals surface area contributed by atoms with Crippen LogP contribution in [0.25, 0.3) is 0 Å². The number of esters is 2. The molecule has 1 spiro atoms. The summed E-state index contributed by atoms with van der Waals surface area (Å²) in [4.78, 5) is 64.9. The molecule has 0 radical (unpaired) electrons. The number of carbonyl (C=O) groups is 5. The first-order valence-electron chi connectivity index (χ1n) is 11.0. The van der Waals surface area contributed by atoms with E-state index < -0.39 is 41.9 Å². The molecule has 0 unspecified atom stereocenters. The standard InChI is InChI=1S/C22H30N4O7/c1-11(2)33-18(28)16-13(4)17(23-14(16)5)19(29)32-10-15(27)25-26-20(30)22(24-21(26)31)8-6-12(3)7-9-22/h11-12,23H,6-10H2,1-5H3,(H,24,31)(H,25,27). The number of urea groups is 1. The van der Waals surface area contributed by atoms with Crippen LogP contribution in [0.2, 0.25) is 0 Å². The van der Waals surface area contributed by atoms with E-state index in [2.05, 4.69) is 22.7 Å². The van der Waals surface area contributed by atoms with Crippen molar-refractivity contribution in [3.63, 3.8) is 0 Å². The van der Waals surface area contributed by atoms with Crippen LogP contribution in [0.4, 0.5) is 4.79 Å². The number of nitrogens with zero attached hydrogens (tertiary/aromatic N) is 1. The summed E-state index contributed by atoms with van der Waals surface area (Å²) in [6, 6.07) is -0.710. The average molecular weight is 463 g/mol. The number of rotatable bonds is 6. The molecule has 0 aromatic carbocycles. The SMILES string of the molecule is Cc1[nH]c(C(=O)OCC(=O)NN2C(=O)NC3(CCC(C)CC3)C2=O)c(C)c1C(=O)OC(C)C. The lowest BCUT2D eigenvalue weighted by Crippen LogP contribution is -2.52. The molecule has 11 nitrogen and oxygen atoms in total. The highest BCUT2D eigenvalue weighted by molar-refractivity contribution is 6.08. The summed E-state index contributed by atoms with van der Waals surface area (Å²) < 4.78 is 10.2. The Kier molecular flexibility index (Phi) is 6.80. The molecule has 1 aliphatic carbocycles. The van der Waals surface area contributed by atoms with Gasteiger partial charge in [-0.25, -0.2) is 14.4 Å². The van der Waals surface area contributed by atoms with E-state index in [1.54, 1.807) is 27.7 Å². The quantitative estimate of drug-likeness (QED) is 0.432. The van der Waals surface area contributed by atoms with Crippen LogP contribution >= 0.6 is 0 Å². The van der Waals surface area contributed by atoms with Crippen LogP contribution in [0.15, 0.2) is 0 Å². The molecule has 0 bridgehead atoms. The van der Waals surface area contributed by atoms with Crippen molar-refractivity contribution in [2.75, 3.05) is 6.61 Å². The van der Waals surface area contributed by atoms with E-state index >= 15 is 0 Å². The Bertz CT molecular complexity index is 989. The lowest BCUT2D eigenvalue weighted by Gasteiger charge is -2.33. The molecule has 2 fully saturated rings. The molecular formula is C22H30N4O7. The number of imide groups is 1. The van der Waals surface area contributed by atoms with Gasteiger partial charge in [-0.05, 0) is 64.9 Å². The van der Waals surface area contributed by atoms with Gasteiger partial charge in [0.2, 0.25) is 0 Å². The molecule has 3 N–H and O–H groups in total. The topological polar surface area (TPSA) is 147 Å². The van der Waals surface area contributed by atoms with Gasteiger partial charge in [-0.3, -0.25) is 15.0 Å². The summed E-state index contributed by atoms with van der Waals surface area (Å²) in [6.07, 6.45) is 2.28. The van der Waals surface area contributed by atoms with Crippen molar-refractivity contribution >= 4 is 29.8 Å². The zero-order valence-corrected chi connectivity index (χ0v) is 19.5. The molecule has 2 aliphatic rings. The number of nitrogens with one attached hydrogen (secondary N) is 3. The van der Waals surface area contributed by atoms with Gasteiger partial charge < -0.3 is 19.8 Å². The molecule has 33 heavy (non-hydrogen) atoms. The summed E-state index contributed by atoms with van der Waals surface area (Å²) in [5.74, 6) is -2.31. The second-order valence-corrected chi connectivity index (χ2v) is 9.03. The van der Waals surface area contributed by atoms with E-state index in [1.165, 1.54) is 0 Å². The summed E-state index contributed by atoms with van der Waals surface area (Å²) in [7, 11) is 0. The molecule has 3 rings (SSSR count). The van der Waals surface area contributed by atoms with Crippen molar-refractivity contribution in [2.24, 2.45) is 5.92 Å². The zero-order chi connectivity index (χ0) is 24.5. The van der Waals surface area contributed by atoms with Gasteiger partial charge in [0.1, 0.15) is 11.2 Å². The second kappa shape index (κ2) is 9.24. The number of aromatic nitrogens is 1. The lowest BCUT2D eigenvalue weighted by atomic mass is 9.77. The molecule has 1 aromatic rings. The van der Waals surface area contributed by atoms with E-state index in [0.717, 1.165) is 12.8 Å². The van der Waals surface area contributed by atoms with Gasteiger partial charge in [-0.15, -0.1) is 0 Å². The van der Waals surface area contributed by atoms with Crippen molar-refractivity contribution in [3.05, 3.63) is 22.5 Å². The summed E-state index contributed by atoms with van der Waals surface area (Å²) in [5, 5.41) is 3.34. The van der Waals surface area contributed by atoms with Gasteiger partial charge in [-0.2, -0.15) is 5.01 Å². The van der Waals surface area contributed by atoms with Gasteiger partial charge in [0.05, 0.1) is 11.7 Å². The highest BCUT2D eigenvalue weighted by Gasteiger charge is 2.52. The molecule has 1 aromatic heterocycles. The molecule has 0 atom stereocenters. The van der Waals surface area contributed by atoms with Crippen LogP contribution in [0.1, 0.15) is 78.6 Å². The molecule has 4 amide bonds. The van der Waals surface area contributed by atoms with Crippen molar-refractivity contribution in [1.29, 1.82) is 0 Å². The first-order valence-corrected chi connectivity index (χ1v) is 11.0. The van der Waals surface area contributed by atoms with Gasteiger partial charge >= 0.3 is 18.0 Å². The van der Waals surface area contributed by atoms with Crippen LogP contribution in [0, 0.1) is 19.8 Å². The zero-order valence-electron chi connectivity index (χ0n) is 19.5. The Balaban J connectivity index is 1.59. The average Bonchev–Trinajstić information content (AvgIpc) is 3.15. The van der Waals surface area contributed by atoms with Crippen molar-refractivity contribution in [2.45, 2.75) is 71.9 Å². The lowest BCUT2D eigenvalue weighted by molar-refractivity contribution is -0.141. The minimum atomic E-state index is -0.993. The number of carbonyl (C=O) groups excluding carboxylic acids is 5. The van der Waals surface area contributed by atoms with Gasteiger partial charge in [-0.1, -0.05) is 6.92 Å². The Morgan fingerprint density at radius 1 is 1.15 bits per heavy atom. The van der Waals surface area contributed by atoms with Crippen molar-refractivity contribution in [3.8, 4) is 0 Å². The monoisotopic (exact) mass is 462 g/mol. The Morgan fingerprint density at radius 3 is 2.39 bits per heavy atom. The van der Waals surface area contributed by atoms with Crippen molar-refractivity contribution < 1.29 is 33.4 Å². The van der Waals surface area contributed by atoms with Gasteiger partial charge in [0.25, 0.3) is 11.8 Å². The summed E-state index contributed by atoms with van der Waals surface area (Å²) in [5.41, 5.74) is 2.23. The number of H-pyrrole nitrogens is 1. The molecule has 11 heteroatoms. The number of amides is 4. The molecule has 1 saturated heterocycles. The second-order valence-electron chi connectivity index (χ2n) is 9.03. The Hall–Kier alpha value is -3.37. The third kappa shape index (κ3) is 4.86. The molecular weight excluding hydrogens is 432 g/mol. The normalized spacial score (nSPS) is 22.5. The molecule has 1 aliphatic heterocycles. The van der Waals surface area contributed by atoms with Crippen LogP contribution in [0.5, 0.6) is 0 Å². The minimum Gasteiger partial charge on any atom is -0.459 e. The minimum absolute atomic E-state index is 0.0151. The third-order valence-electron chi connectivity index (χ3n) is 6.05. The summed E-state index contributed by atoms with van der Waals surface area (Å²) in [6.45, 7) is 7.98. The molecule has 180 valence electrons. The predicted octanol–water partition coefficient (Wildman–Crippen LogP) is 1.89. The third-order valence-corrected chi connectivity index (χ3v) is 6.05. The number of hydrazine groups is 1. The highest BCUT2D eigenvalue weighted by atomic mass is 16.5. The maximum Gasteiger partial charge on any atom is 0.355 e. The van der Waals surface area contributed by atoms with Crippen LogP contribution in [-0.2, 0) is 19.1 Å². The molecule has 1 saturated carbocycles. The number of ether oxygens (including phenoxy) is 2. The van der Waals surface area contributed by atoms with Crippen LogP contribution in [-0.4, -0.2) is 58.0 Å². The number of hydrogen-bond acceptors (Lipinski definition) is 7.